The zero-order chi connectivity index (χ0) is 17.8. The number of hydrogen-bond donors (Lipinski definition) is 2. The molecule has 2 fully saturated rings. The lowest BCUT2D eigenvalue weighted by molar-refractivity contribution is 0.0768. The lowest BCUT2D eigenvalue weighted by Gasteiger charge is -2.31. The van der Waals surface area contributed by atoms with E-state index >= 15 is 0 Å². The molecule has 1 saturated heterocycles. The summed E-state index contributed by atoms with van der Waals surface area (Å²) in [6.45, 7) is 5.94. The number of H-pyrrole nitrogens is 1. The molecule has 0 atom stereocenters. The van der Waals surface area contributed by atoms with Gasteiger partial charge in [0.1, 0.15) is 0 Å². The Bertz CT molecular complexity index is 691. The Hall–Kier alpha value is -1.34. The van der Waals surface area contributed by atoms with Crippen molar-refractivity contribution in [3.05, 3.63) is 41.6 Å². The van der Waals surface area contributed by atoms with Crippen molar-refractivity contribution in [1.82, 2.24) is 19.2 Å². The van der Waals surface area contributed by atoms with Crippen molar-refractivity contribution < 1.29 is 4.74 Å². The maximum Gasteiger partial charge on any atom is 0.0952 e. The molecule has 0 amide bonds. The molecule has 26 heavy (non-hydrogen) atoms. The standard InChI is InChI=1S/C20H28N4OS/c1-15-19(16-5-3-2-4-6-16)21-22-20(15)17-7-9-18(10-8-17)23-26-24-11-13-25-14-12-24/h2-6,17-18,23H,7-14H2,1H3,(H,21,22). The zero-order valence-electron chi connectivity index (χ0n) is 15.4. The first kappa shape index (κ1) is 18.0. The maximum atomic E-state index is 5.41. The highest BCUT2D eigenvalue weighted by molar-refractivity contribution is 7.95. The van der Waals surface area contributed by atoms with Gasteiger partial charge in [0.05, 0.1) is 18.9 Å². The Balaban J connectivity index is 1.31. The topological polar surface area (TPSA) is 53.2 Å². The first-order valence-corrected chi connectivity index (χ1v) is 10.4. The Morgan fingerprint density at radius 3 is 2.58 bits per heavy atom. The van der Waals surface area contributed by atoms with Crippen molar-refractivity contribution in [1.29, 1.82) is 0 Å². The molecule has 0 bridgehead atoms. The first-order valence-electron chi connectivity index (χ1n) is 9.66. The van der Waals surface area contributed by atoms with Crippen molar-refractivity contribution in [2.75, 3.05) is 26.3 Å². The summed E-state index contributed by atoms with van der Waals surface area (Å²) in [6.07, 6.45) is 4.89. The van der Waals surface area contributed by atoms with Crippen LogP contribution in [0.4, 0.5) is 0 Å². The molecule has 5 nitrogen and oxygen atoms in total. The third kappa shape index (κ3) is 4.14. The predicted molar refractivity (Wildman–Crippen MR) is 107 cm³/mol. The number of aromatic amines is 1. The van der Waals surface area contributed by atoms with Gasteiger partial charge in [0.15, 0.2) is 0 Å². The Morgan fingerprint density at radius 2 is 1.85 bits per heavy atom. The van der Waals surface area contributed by atoms with Crippen LogP contribution in [0.3, 0.4) is 0 Å². The fourth-order valence-electron chi connectivity index (χ4n) is 3.97. The highest BCUT2D eigenvalue weighted by Crippen LogP contribution is 2.36. The molecular formula is C20H28N4OS. The van der Waals surface area contributed by atoms with Crippen LogP contribution in [0, 0.1) is 6.92 Å². The fourth-order valence-corrected chi connectivity index (χ4v) is 4.84. The molecule has 2 heterocycles. The molecule has 1 aliphatic carbocycles. The number of ether oxygens (including phenoxy) is 1. The van der Waals surface area contributed by atoms with Gasteiger partial charge in [-0.05, 0) is 38.2 Å². The minimum Gasteiger partial charge on any atom is -0.379 e. The lowest BCUT2D eigenvalue weighted by atomic mass is 9.83. The van der Waals surface area contributed by atoms with Gasteiger partial charge in [0, 0.05) is 48.4 Å². The minimum absolute atomic E-state index is 0.603. The average molecular weight is 373 g/mol. The molecule has 1 saturated carbocycles. The van der Waals surface area contributed by atoms with Crippen LogP contribution in [0.15, 0.2) is 30.3 Å². The monoisotopic (exact) mass is 372 g/mol. The van der Waals surface area contributed by atoms with E-state index in [0.717, 1.165) is 32.0 Å². The molecule has 2 aliphatic rings. The number of rotatable bonds is 5. The second-order valence-electron chi connectivity index (χ2n) is 7.28. The van der Waals surface area contributed by atoms with E-state index in [0.29, 0.717) is 12.0 Å². The van der Waals surface area contributed by atoms with Crippen LogP contribution in [-0.4, -0.2) is 46.8 Å². The normalized spacial score (nSPS) is 24.7. The number of benzene rings is 1. The molecule has 1 aromatic carbocycles. The molecule has 2 N–H and O–H groups in total. The maximum absolute atomic E-state index is 5.41. The summed E-state index contributed by atoms with van der Waals surface area (Å²) in [5.41, 5.74) is 4.95. The van der Waals surface area contributed by atoms with Crippen LogP contribution < -0.4 is 4.72 Å². The Kier molecular flexibility index (Phi) is 5.94. The molecule has 1 aliphatic heterocycles. The van der Waals surface area contributed by atoms with Crippen LogP contribution in [0.25, 0.3) is 11.3 Å². The van der Waals surface area contributed by atoms with E-state index in [-0.39, 0.29) is 0 Å². The first-order chi connectivity index (χ1) is 12.8. The summed E-state index contributed by atoms with van der Waals surface area (Å²) in [6, 6.07) is 11.1. The number of nitrogens with zero attached hydrogens (tertiary/aromatic N) is 2. The van der Waals surface area contributed by atoms with Gasteiger partial charge >= 0.3 is 0 Å². The highest BCUT2D eigenvalue weighted by Gasteiger charge is 2.26. The van der Waals surface area contributed by atoms with Crippen LogP contribution >= 0.6 is 12.1 Å². The second-order valence-corrected chi connectivity index (χ2v) is 8.21. The Morgan fingerprint density at radius 1 is 1.12 bits per heavy atom. The average Bonchev–Trinajstić information content (AvgIpc) is 3.10. The van der Waals surface area contributed by atoms with Gasteiger partial charge in [-0.1, -0.05) is 30.3 Å². The summed E-state index contributed by atoms with van der Waals surface area (Å²) < 4.78 is 11.5. The molecule has 0 radical (unpaired) electrons. The number of morpholine rings is 1. The van der Waals surface area contributed by atoms with Crippen LogP contribution in [0.5, 0.6) is 0 Å². The molecular weight excluding hydrogens is 344 g/mol. The summed E-state index contributed by atoms with van der Waals surface area (Å²) in [4.78, 5) is 0. The molecule has 6 heteroatoms. The second kappa shape index (κ2) is 8.57. The molecule has 0 spiro atoms. The predicted octanol–water partition coefficient (Wildman–Crippen LogP) is 3.90. The van der Waals surface area contributed by atoms with Gasteiger partial charge in [0.25, 0.3) is 0 Å². The highest BCUT2D eigenvalue weighted by atomic mass is 32.2. The summed E-state index contributed by atoms with van der Waals surface area (Å²) in [7, 11) is 0. The van der Waals surface area contributed by atoms with E-state index in [4.69, 9.17) is 4.74 Å². The van der Waals surface area contributed by atoms with Crippen molar-refractivity contribution in [3.8, 4) is 11.3 Å². The van der Waals surface area contributed by atoms with Crippen molar-refractivity contribution in [3.63, 3.8) is 0 Å². The smallest absolute Gasteiger partial charge is 0.0952 e. The minimum atomic E-state index is 0.603. The molecule has 1 aromatic heterocycles. The third-order valence-electron chi connectivity index (χ3n) is 5.55. The van der Waals surface area contributed by atoms with E-state index < -0.39 is 0 Å². The van der Waals surface area contributed by atoms with E-state index in [2.05, 4.69) is 56.5 Å². The van der Waals surface area contributed by atoms with Gasteiger partial charge in [-0.15, -0.1) is 0 Å². The van der Waals surface area contributed by atoms with Crippen LogP contribution in [0.1, 0.15) is 42.9 Å². The van der Waals surface area contributed by atoms with Crippen molar-refractivity contribution in [2.24, 2.45) is 0 Å². The number of nitrogens with one attached hydrogen (secondary N) is 2. The quantitative estimate of drug-likeness (QED) is 0.780. The molecule has 4 rings (SSSR count). The van der Waals surface area contributed by atoms with Crippen molar-refractivity contribution in [2.45, 2.75) is 44.6 Å². The SMILES string of the molecule is Cc1c(-c2ccccc2)n[nH]c1C1CCC(NSN2CCOCC2)CC1. The van der Waals surface area contributed by atoms with Gasteiger partial charge in [-0.2, -0.15) is 5.10 Å². The fraction of sp³-hybridized carbons (Fsp3) is 0.550. The number of aromatic nitrogens is 2. The van der Waals surface area contributed by atoms with E-state index in [9.17, 15) is 0 Å². The number of hydrogen-bond acceptors (Lipinski definition) is 5. The largest absolute Gasteiger partial charge is 0.379 e. The van der Waals surface area contributed by atoms with E-state index in [1.54, 1.807) is 12.1 Å². The summed E-state index contributed by atoms with van der Waals surface area (Å²) in [5, 5.41) is 7.96. The van der Waals surface area contributed by atoms with Gasteiger partial charge in [0.2, 0.25) is 0 Å². The third-order valence-corrected chi connectivity index (χ3v) is 6.61. The van der Waals surface area contributed by atoms with Gasteiger partial charge in [-0.3, -0.25) is 5.10 Å². The van der Waals surface area contributed by atoms with Crippen molar-refractivity contribution >= 4 is 12.1 Å². The van der Waals surface area contributed by atoms with E-state index in [1.807, 2.05) is 0 Å². The molecule has 0 unspecified atom stereocenters. The van der Waals surface area contributed by atoms with E-state index in [1.165, 1.54) is 42.5 Å². The summed E-state index contributed by atoms with van der Waals surface area (Å²) in [5.74, 6) is 0.603. The molecule has 2 aromatic rings. The zero-order valence-corrected chi connectivity index (χ0v) is 16.2. The lowest BCUT2D eigenvalue weighted by Crippen LogP contribution is -2.37. The Labute approximate surface area is 160 Å². The summed E-state index contributed by atoms with van der Waals surface area (Å²) >= 11 is 1.79. The van der Waals surface area contributed by atoms with Crippen LogP contribution in [-0.2, 0) is 4.74 Å². The van der Waals surface area contributed by atoms with Crippen LogP contribution in [0.2, 0.25) is 0 Å². The molecule has 140 valence electrons. The van der Waals surface area contributed by atoms with Gasteiger partial charge in [-0.25, -0.2) is 9.03 Å². The van der Waals surface area contributed by atoms with Gasteiger partial charge < -0.3 is 4.74 Å².